The molecule has 24 heavy (non-hydrogen) atoms. The molecule has 0 aliphatic rings. The fraction of sp³-hybridized carbons (Fsp3) is 0.133. The summed E-state index contributed by atoms with van der Waals surface area (Å²) in [7, 11) is 0. The second-order valence-corrected chi connectivity index (χ2v) is 5.31. The maximum Gasteiger partial charge on any atom is 0.417 e. The van der Waals surface area contributed by atoms with E-state index in [1.54, 1.807) is 0 Å². The monoisotopic (exact) mass is 358 g/mol. The van der Waals surface area contributed by atoms with Crippen LogP contribution in [0, 0.1) is 17.0 Å². The highest BCUT2D eigenvalue weighted by Crippen LogP contribution is 2.36. The molecule has 2 rings (SSSR count). The summed E-state index contributed by atoms with van der Waals surface area (Å²) in [4.78, 5) is 22.3. The SMILES string of the molecule is Cc1ccc(C(=O)Nc2ccc(Cl)c(C(F)(F)F)c2)cc1[N+](=O)[O-]. The zero-order chi connectivity index (χ0) is 18.1. The van der Waals surface area contributed by atoms with E-state index in [0.717, 1.165) is 12.1 Å². The summed E-state index contributed by atoms with van der Waals surface area (Å²) < 4.78 is 38.4. The Bertz CT molecular complexity index is 822. The first-order valence-corrected chi connectivity index (χ1v) is 6.90. The quantitative estimate of drug-likeness (QED) is 0.631. The number of nitrogens with zero attached hydrogens (tertiary/aromatic N) is 1. The van der Waals surface area contributed by atoms with E-state index in [2.05, 4.69) is 5.32 Å². The average molecular weight is 359 g/mol. The zero-order valence-corrected chi connectivity index (χ0v) is 12.9. The molecule has 0 saturated carbocycles. The molecule has 0 heterocycles. The summed E-state index contributed by atoms with van der Waals surface area (Å²) in [5, 5.41) is 12.7. The van der Waals surface area contributed by atoms with Gasteiger partial charge in [-0.05, 0) is 31.2 Å². The van der Waals surface area contributed by atoms with E-state index >= 15 is 0 Å². The molecule has 0 saturated heterocycles. The van der Waals surface area contributed by atoms with Crippen LogP contribution in [0.5, 0.6) is 0 Å². The van der Waals surface area contributed by atoms with E-state index in [1.165, 1.54) is 25.1 Å². The molecule has 2 aromatic carbocycles. The molecule has 1 amide bonds. The first-order valence-electron chi connectivity index (χ1n) is 6.52. The highest BCUT2D eigenvalue weighted by Gasteiger charge is 2.33. The van der Waals surface area contributed by atoms with Crippen molar-refractivity contribution in [2.75, 3.05) is 5.32 Å². The number of amides is 1. The summed E-state index contributed by atoms with van der Waals surface area (Å²) in [5.74, 6) is -0.770. The Hall–Kier alpha value is -2.61. The van der Waals surface area contributed by atoms with E-state index in [4.69, 9.17) is 11.6 Å². The number of alkyl halides is 3. The van der Waals surface area contributed by atoms with Crippen LogP contribution < -0.4 is 5.32 Å². The van der Waals surface area contributed by atoms with E-state index in [0.29, 0.717) is 11.6 Å². The molecule has 2 aromatic rings. The lowest BCUT2D eigenvalue weighted by molar-refractivity contribution is -0.385. The molecule has 0 spiro atoms. The lowest BCUT2D eigenvalue weighted by atomic mass is 10.1. The first kappa shape index (κ1) is 17.7. The van der Waals surface area contributed by atoms with Gasteiger partial charge < -0.3 is 5.32 Å². The number of halogens is 4. The van der Waals surface area contributed by atoms with E-state index < -0.39 is 27.6 Å². The Labute approximate surface area is 139 Å². The molecular formula is C15H10ClF3N2O3. The van der Waals surface area contributed by atoms with Crippen molar-refractivity contribution in [2.45, 2.75) is 13.1 Å². The Balaban J connectivity index is 2.31. The van der Waals surface area contributed by atoms with Crippen molar-refractivity contribution >= 4 is 28.9 Å². The number of nitrogens with one attached hydrogen (secondary N) is 1. The number of nitro benzene ring substituents is 1. The van der Waals surface area contributed by atoms with Gasteiger partial charge in [-0.1, -0.05) is 17.7 Å². The van der Waals surface area contributed by atoms with Crippen molar-refractivity contribution in [3.63, 3.8) is 0 Å². The van der Waals surface area contributed by atoms with Gasteiger partial charge in [0.1, 0.15) is 0 Å². The molecule has 0 radical (unpaired) electrons. The Morgan fingerprint density at radius 1 is 1.21 bits per heavy atom. The lowest BCUT2D eigenvalue weighted by Crippen LogP contribution is -2.14. The number of hydrogen-bond acceptors (Lipinski definition) is 3. The van der Waals surface area contributed by atoms with E-state index in [-0.39, 0.29) is 16.9 Å². The van der Waals surface area contributed by atoms with Gasteiger partial charge >= 0.3 is 6.18 Å². The maximum atomic E-state index is 12.8. The van der Waals surface area contributed by atoms with Gasteiger partial charge in [-0.3, -0.25) is 14.9 Å². The van der Waals surface area contributed by atoms with Crippen molar-refractivity contribution in [3.05, 3.63) is 68.2 Å². The predicted molar refractivity (Wildman–Crippen MR) is 82.2 cm³/mol. The molecule has 0 aliphatic heterocycles. The van der Waals surface area contributed by atoms with Gasteiger partial charge in [0.2, 0.25) is 0 Å². The molecule has 5 nitrogen and oxygen atoms in total. The average Bonchev–Trinajstić information content (AvgIpc) is 2.48. The standard InChI is InChI=1S/C15H10ClF3N2O3/c1-8-2-3-9(6-13(8)21(23)24)14(22)20-10-4-5-12(16)11(7-10)15(17,18)19/h2-7H,1H3,(H,20,22). The number of anilines is 1. The second kappa shape index (κ2) is 6.48. The van der Waals surface area contributed by atoms with Crippen molar-refractivity contribution in [1.82, 2.24) is 0 Å². The number of benzene rings is 2. The van der Waals surface area contributed by atoms with Crippen molar-refractivity contribution in [2.24, 2.45) is 0 Å². The Kier molecular flexibility index (Phi) is 4.79. The van der Waals surface area contributed by atoms with Gasteiger partial charge in [0.05, 0.1) is 15.5 Å². The normalized spacial score (nSPS) is 11.2. The van der Waals surface area contributed by atoms with Crippen LogP contribution >= 0.6 is 11.6 Å². The zero-order valence-electron chi connectivity index (χ0n) is 12.1. The number of carbonyl (C=O) groups excluding carboxylic acids is 1. The third kappa shape index (κ3) is 3.83. The second-order valence-electron chi connectivity index (χ2n) is 4.90. The highest BCUT2D eigenvalue weighted by atomic mass is 35.5. The molecule has 0 atom stereocenters. The maximum absolute atomic E-state index is 12.8. The fourth-order valence-electron chi connectivity index (χ4n) is 1.97. The highest BCUT2D eigenvalue weighted by molar-refractivity contribution is 6.31. The third-order valence-electron chi connectivity index (χ3n) is 3.20. The minimum absolute atomic E-state index is 0.0455. The van der Waals surface area contributed by atoms with Crippen LogP contribution in [0.3, 0.4) is 0 Å². The van der Waals surface area contributed by atoms with Gasteiger partial charge in [0, 0.05) is 22.9 Å². The smallest absolute Gasteiger partial charge is 0.322 e. The number of hydrogen-bond donors (Lipinski definition) is 1. The van der Waals surface area contributed by atoms with Crippen LogP contribution in [0.15, 0.2) is 36.4 Å². The van der Waals surface area contributed by atoms with Gasteiger partial charge in [-0.25, -0.2) is 0 Å². The molecule has 1 N–H and O–H groups in total. The van der Waals surface area contributed by atoms with Crippen molar-refractivity contribution < 1.29 is 22.9 Å². The number of rotatable bonds is 3. The lowest BCUT2D eigenvalue weighted by Gasteiger charge is -2.12. The topological polar surface area (TPSA) is 72.2 Å². The van der Waals surface area contributed by atoms with Gasteiger partial charge in [0.15, 0.2) is 0 Å². The van der Waals surface area contributed by atoms with Crippen LogP contribution in [-0.2, 0) is 6.18 Å². The minimum Gasteiger partial charge on any atom is -0.322 e. The van der Waals surface area contributed by atoms with Crippen molar-refractivity contribution in [1.29, 1.82) is 0 Å². The predicted octanol–water partition coefficient (Wildman–Crippen LogP) is 4.83. The third-order valence-corrected chi connectivity index (χ3v) is 3.53. The summed E-state index contributed by atoms with van der Waals surface area (Å²) in [6.45, 7) is 1.51. The molecule has 0 bridgehead atoms. The summed E-state index contributed by atoms with van der Waals surface area (Å²) in [6, 6.07) is 6.71. The summed E-state index contributed by atoms with van der Waals surface area (Å²) in [5.41, 5.74) is -1.15. The molecule has 0 aliphatic carbocycles. The van der Waals surface area contributed by atoms with E-state index in [9.17, 15) is 28.1 Å². The largest absolute Gasteiger partial charge is 0.417 e. The number of nitro groups is 1. The summed E-state index contributed by atoms with van der Waals surface area (Å²) >= 11 is 5.50. The van der Waals surface area contributed by atoms with Crippen LogP contribution in [0.25, 0.3) is 0 Å². The fourth-order valence-corrected chi connectivity index (χ4v) is 2.20. The Morgan fingerprint density at radius 2 is 1.88 bits per heavy atom. The van der Waals surface area contributed by atoms with Gasteiger partial charge in [0.25, 0.3) is 11.6 Å². The Morgan fingerprint density at radius 3 is 2.46 bits per heavy atom. The molecule has 9 heteroatoms. The molecule has 0 aromatic heterocycles. The van der Waals surface area contributed by atoms with Gasteiger partial charge in [-0.15, -0.1) is 0 Å². The van der Waals surface area contributed by atoms with Crippen molar-refractivity contribution in [3.8, 4) is 0 Å². The molecule has 0 fully saturated rings. The van der Waals surface area contributed by atoms with Crippen LogP contribution in [0.1, 0.15) is 21.5 Å². The molecule has 0 unspecified atom stereocenters. The van der Waals surface area contributed by atoms with E-state index in [1.807, 2.05) is 0 Å². The van der Waals surface area contributed by atoms with Crippen LogP contribution in [0.4, 0.5) is 24.5 Å². The minimum atomic E-state index is -4.67. The van der Waals surface area contributed by atoms with Crippen LogP contribution in [-0.4, -0.2) is 10.8 Å². The number of carbonyl (C=O) groups is 1. The molecule has 126 valence electrons. The van der Waals surface area contributed by atoms with Gasteiger partial charge in [-0.2, -0.15) is 13.2 Å². The number of aryl methyl sites for hydroxylation is 1. The first-order chi connectivity index (χ1) is 11.1. The summed E-state index contributed by atoms with van der Waals surface area (Å²) in [6.07, 6.45) is -4.67. The van der Waals surface area contributed by atoms with Crippen LogP contribution in [0.2, 0.25) is 5.02 Å². The molecular weight excluding hydrogens is 349 g/mol.